The minimum atomic E-state index is -0.553. The van der Waals surface area contributed by atoms with Gasteiger partial charge in [0.1, 0.15) is 0 Å². The fourth-order valence-electron chi connectivity index (χ4n) is 3.15. The molecule has 1 fully saturated rings. The molecule has 0 bridgehead atoms. The van der Waals surface area contributed by atoms with E-state index in [0.29, 0.717) is 24.7 Å². The predicted molar refractivity (Wildman–Crippen MR) is 107 cm³/mol. The van der Waals surface area contributed by atoms with Gasteiger partial charge in [-0.2, -0.15) is 0 Å². The number of benzene rings is 2. The maximum Gasteiger partial charge on any atom is 0.313 e. The Balaban J connectivity index is 1.49. The summed E-state index contributed by atoms with van der Waals surface area (Å²) in [5.74, 6) is -0.412. The summed E-state index contributed by atoms with van der Waals surface area (Å²) in [6.07, 6.45) is 2.92. The van der Waals surface area contributed by atoms with Gasteiger partial charge in [-0.15, -0.1) is 0 Å². The fraction of sp³-hybridized carbons (Fsp3) is 0.300. The van der Waals surface area contributed by atoms with Gasteiger partial charge in [-0.3, -0.25) is 9.59 Å². The molecule has 0 unspecified atom stereocenters. The largest absolute Gasteiger partial charge is 0.334 e. The molecule has 1 N–H and O–H groups in total. The molecule has 1 saturated heterocycles. The van der Waals surface area contributed by atoms with Gasteiger partial charge in [-0.25, -0.2) is 0 Å². The number of likely N-dealkylation sites (tertiary alicyclic amines) is 1. The molecule has 4 nitrogen and oxygen atoms in total. The molecule has 2 aromatic carbocycles. The molecule has 0 spiro atoms. The Kier molecular flexibility index (Phi) is 6.07. The Labute approximate surface area is 161 Å². The molecule has 2 amide bonds. The normalized spacial score (nSPS) is 15.0. The molecule has 2 aromatic rings. The van der Waals surface area contributed by atoms with Crippen molar-refractivity contribution in [2.45, 2.75) is 19.3 Å². The van der Waals surface area contributed by atoms with E-state index in [1.54, 1.807) is 17.0 Å². The van der Waals surface area contributed by atoms with Gasteiger partial charge in [0, 0.05) is 22.3 Å². The molecule has 130 valence electrons. The number of carbonyl (C=O) groups excluding carboxylic acids is 2. The van der Waals surface area contributed by atoms with E-state index < -0.39 is 11.8 Å². The Bertz CT molecular complexity index is 723. The van der Waals surface area contributed by atoms with Crippen LogP contribution in [0.4, 0.5) is 5.69 Å². The molecule has 1 aliphatic rings. The van der Waals surface area contributed by atoms with Crippen molar-refractivity contribution in [3.8, 4) is 0 Å². The second-order valence-corrected chi connectivity index (χ2v) is 7.63. The number of halogens is 1. The molecule has 1 aliphatic heterocycles. The third kappa shape index (κ3) is 5.04. The van der Waals surface area contributed by atoms with Crippen LogP contribution in [0.2, 0.25) is 0 Å². The predicted octanol–water partition coefficient (Wildman–Crippen LogP) is 3.71. The molecule has 0 atom stereocenters. The molecular formula is C20H21IN2O2. The van der Waals surface area contributed by atoms with Gasteiger partial charge >= 0.3 is 11.8 Å². The number of amides is 2. The lowest BCUT2D eigenvalue weighted by Gasteiger charge is -2.31. The zero-order valence-electron chi connectivity index (χ0n) is 14.0. The fourth-order valence-corrected chi connectivity index (χ4v) is 3.51. The molecule has 0 aromatic heterocycles. The summed E-state index contributed by atoms with van der Waals surface area (Å²) < 4.78 is 1.09. The Morgan fingerprint density at radius 2 is 1.64 bits per heavy atom. The molecule has 5 heteroatoms. The van der Waals surface area contributed by atoms with Gasteiger partial charge < -0.3 is 10.2 Å². The Morgan fingerprint density at radius 3 is 2.28 bits per heavy atom. The highest BCUT2D eigenvalue weighted by Crippen LogP contribution is 2.22. The van der Waals surface area contributed by atoms with E-state index in [1.165, 1.54) is 5.56 Å². The average molecular weight is 448 g/mol. The molecule has 1 heterocycles. The number of hydrogen-bond donors (Lipinski definition) is 1. The third-order valence-electron chi connectivity index (χ3n) is 4.57. The first-order valence-electron chi connectivity index (χ1n) is 8.51. The number of rotatable bonds is 3. The number of anilines is 1. The highest BCUT2D eigenvalue weighted by molar-refractivity contribution is 14.1. The molecule has 3 rings (SSSR count). The van der Waals surface area contributed by atoms with Crippen molar-refractivity contribution in [1.29, 1.82) is 0 Å². The van der Waals surface area contributed by atoms with E-state index in [4.69, 9.17) is 0 Å². The van der Waals surface area contributed by atoms with Crippen LogP contribution in [0.5, 0.6) is 0 Å². The van der Waals surface area contributed by atoms with E-state index in [0.717, 1.165) is 22.8 Å². The highest BCUT2D eigenvalue weighted by atomic mass is 127. The van der Waals surface area contributed by atoms with Gasteiger partial charge in [0.15, 0.2) is 0 Å². The Hall–Kier alpha value is -1.89. The minimum Gasteiger partial charge on any atom is -0.334 e. The van der Waals surface area contributed by atoms with Crippen LogP contribution in [0.3, 0.4) is 0 Å². The minimum absolute atomic E-state index is 0.434. The standard InChI is InChI=1S/C20H21IN2O2/c21-17-6-8-18(9-7-17)22-19(24)20(25)23-12-10-16(11-13-23)14-15-4-2-1-3-5-15/h1-9,16H,10-14H2,(H,22,24). The summed E-state index contributed by atoms with van der Waals surface area (Å²) in [6.45, 7) is 1.30. The summed E-state index contributed by atoms with van der Waals surface area (Å²) in [6, 6.07) is 17.8. The zero-order valence-corrected chi connectivity index (χ0v) is 16.1. The smallest absolute Gasteiger partial charge is 0.313 e. The van der Waals surface area contributed by atoms with E-state index in [9.17, 15) is 9.59 Å². The van der Waals surface area contributed by atoms with Crippen molar-refractivity contribution in [3.63, 3.8) is 0 Å². The van der Waals surface area contributed by atoms with Gasteiger partial charge in [0.25, 0.3) is 0 Å². The van der Waals surface area contributed by atoms with Crippen molar-refractivity contribution in [3.05, 3.63) is 63.7 Å². The van der Waals surface area contributed by atoms with Crippen LogP contribution >= 0.6 is 22.6 Å². The van der Waals surface area contributed by atoms with E-state index >= 15 is 0 Å². The van der Waals surface area contributed by atoms with Gasteiger partial charge in [-0.1, -0.05) is 30.3 Å². The summed E-state index contributed by atoms with van der Waals surface area (Å²) in [7, 11) is 0. The van der Waals surface area contributed by atoms with Crippen LogP contribution < -0.4 is 5.32 Å². The number of nitrogens with zero attached hydrogens (tertiary/aromatic N) is 1. The van der Waals surface area contributed by atoms with Crippen molar-refractivity contribution < 1.29 is 9.59 Å². The lowest BCUT2D eigenvalue weighted by atomic mass is 9.90. The van der Waals surface area contributed by atoms with Crippen LogP contribution in [0, 0.1) is 9.49 Å². The van der Waals surface area contributed by atoms with Crippen LogP contribution in [-0.2, 0) is 16.0 Å². The van der Waals surface area contributed by atoms with Crippen molar-refractivity contribution >= 4 is 40.1 Å². The van der Waals surface area contributed by atoms with E-state index in [-0.39, 0.29) is 0 Å². The molecule has 0 radical (unpaired) electrons. The van der Waals surface area contributed by atoms with E-state index in [2.05, 4.69) is 52.2 Å². The molecule has 25 heavy (non-hydrogen) atoms. The summed E-state index contributed by atoms with van der Waals surface area (Å²) in [4.78, 5) is 26.2. The maximum atomic E-state index is 12.3. The lowest BCUT2D eigenvalue weighted by molar-refractivity contribution is -0.144. The van der Waals surface area contributed by atoms with Crippen LogP contribution in [0.15, 0.2) is 54.6 Å². The molecule has 0 saturated carbocycles. The van der Waals surface area contributed by atoms with Crippen molar-refractivity contribution in [1.82, 2.24) is 4.90 Å². The summed E-state index contributed by atoms with van der Waals surface area (Å²) >= 11 is 2.20. The number of piperidine rings is 1. The number of carbonyl (C=O) groups is 2. The second kappa shape index (κ2) is 8.47. The highest BCUT2D eigenvalue weighted by Gasteiger charge is 2.27. The van der Waals surface area contributed by atoms with Crippen LogP contribution in [0.1, 0.15) is 18.4 Å². The first-order chi connectivity index (χ1) is 12.1. The average Bonchev–Trinajstić information content (AvgIpc) is 2.64. The summed E-state index contributed by atoms with van der Waals surface area (Å²) in [5, 5.41) is 2.68. The van der Waals surface area contributed by atoms with Crippen LogP contribution in [0.25, 0.3) is 0 Å². The molecular weight excluding hydrogens is 427 g/mol. The first-order valence-corrected chi connectivity index (χ1v) is 9.59. The quantitative estimate of drug-likeness (QED) is 0.575. The number of hydrogen-bond acceptors (Lipinski definition) is 2. The SMILES string of the molecule is O=C(Nc1ccc(I)cc1)C(=O)N1CCC(Cc2ccccc2)CC1. The second-order valence-electron chi connectivity index (χ2n) is 6.39. The molecule has 0 aliphatic carbocycles. The number of nitrogens with one attached hydrogen (secondary N) is 1. The van der Waals surface area contributed by atoms with Gasteiger partial charge in [0.05, 0.1) is 0 Å². The monoisotopic (exact) mass is 448 g/mol. The van der Waals surface area contributed by atoms with Gasteiger partial charge in [-0.05, 0) is 77.6 Å². The van der Waals surface area contributed by atoms with Crippen molar-refractivity contribution in [2.24, 2.45) is 5.92 Å². The first kappa shape index (κ1) is 17.9. The lowest BCUT2D eigenvalue weighted by Crippen LogP contribution is -2.44. The van der Waals surface area contributed by atoms with Crippen molar-refractivity contribution in [2.75, 3.05) is 18.4 Å². The topological polar surface area (TPSA) is 49.4 Å². The zero-order chi connectivity index (χ0) is 17.6. The van der Waals surface area contributed by atoms with Crippen LogP contribution in [-0.4, -0.2) is 29.8 Å². The van der Waals surface area contributed by atoms with Gasteiger partial charge in [0.2, 0.25) is 0 Å². The van der Waals surface area contributed by atoms with E-state index in [1.807, 2.05) is 18.2 Å². The Morgan fingerprint density at radius 1 is 1.00 bits per heavy atom. The summed E-state index contributed by atoms with van der Waals surface area (Å²) in [5.41, 5.74) is 1.99. The third-order valence-corrected chi connectivity index (χ3v) is 5.28. The maximum absolute atomic E-state index is 12.3.